The van der Waals surface area contributed by atoms with E-state index in [1.165, 1.54) is 28.8 Å². The molecular weight excluding hydrogens is 423 g/mol. The lowest BCUT2D eigenvalue weighted by Gasteiger charge is -2.38. The van der Waals surface area contributed by atoms with E-state index in [4.69, 9.17) is 4.42 Å². The zero-order valence-corrected chi connectivity index (χ0v) is 17.9. The molecule has 0 amide bonds. The third-order valence-corrected chi connectivity index (χ3v) is 6.35. The average molecular weight is 446 g/mol. The molecule has 1 aliphatic heterocycles. The number of hydrogen-bond acceptors (Lipinski definition) is 5. The second-order valence-corrected chi connectivity index (χ2v) is 8.48. The van der Waals surface area contributed by atoms with Crippen molar-refractivity contribution in [1.29, 1.82) is 0 Å². The molecule has 0 aliphatic carbocycles. The van der Waals surface area contributed by atoms with Crippen molar-refractivity contribution in [1.82, 2.24) is 9.47 Å². The minimum Gasteiger partial charge on any atom is -0.408 e. The van der Waals surface area contributed by atoms with Crippen LogP contribution in [-0.2, 0) is 12.3 Å². The van der Waals surface area contributed by atoms with Crippen LogP contribution in [0, 0.1) is 5.82 Å². The summed E-state index contributed by atoms with van der Waals surface area (Å²) in [4.78, 5) is 27.3. The van der Waals surface area contributed by atoms with Crippen molar-refractivity contribution in [3.8, 4) is 0 Å². The number of carbonyl (C=O) groups excluding carboxylic acids is 1. The lowest BCUT2D eigenvalue weighted by molar-refractivity contribution is -0.0327. The van der Waals surface area contributed by atoms with Gasteiger partial charge < -0.3 is 9.52 Å². The van der Waals surface area contributed by atoms with E-state index in [9.17, 15) is 19.1 Å². The first-order chi connectivity index (χ1) is 15.9. The van der Waals surface area contributed by atoms with E-state index < -0.39 is 17.2 Å². The maximum absolute atomic E-state index is 13.5. The predicted octanol–water partition coefficient (Wildman–Crippen LogP) is 3.91. The fourth-order valence-corrected chi connectivity index (χ4v) is 4.44. The van der Waals surface area contributed by atoms with E-state index in [-0.39, 0.29) is 11.3 Å². The number of hydrogen-bond donors (Lipinski definition) is 1. The molecule has 1 fully saturated rings. The highest BCUT2D eigenvalue weighted by molar-refractivity contribution is 6.10. The molecular formula is C26H23FN2O4. The van der Waals surface area contributed by atoms with Crippen molar-refractivity contribution in [3.63, 3.8) is 0 Å². The lowest BCUT2D eigenvalue weighted by atomic mass is 9.84. The molecule has 0 atom stereocenters. The number of rotatable bonds is 5. The molecule has 7 heteroatoms. The van der Waals surface area contributed by atoms with Crippen molar-refractivity contribution in [2.45, 2.75) is 25.1 Å². The largest absolute Gasteiger partial charge is 0.421 e. The number of piperidine rings is 1. The van der Waals surface area contributed by atoms with Crippen LogP contribution in [0.4, 0.5) is 4.39 Å². The van der Waals surface area contributed by atoms with Crippen LogP contribution in [0.1, 0.15) is 34.3 Å². The number of oxazole rings is 1. The van der Waals surface area contributed by atoms with Gasteiger partial charge in [-0.1, -0.05) is 42.5 Å². The molecule has 5 rings (SSSR count). The van der Waals surface area contributed by atoms with Crippen LogP contribution in [0.25, 0.3) is 11.1 Å². The van der Waals surface area contributed by atoms with E-state index in [0.717, 1.165) is 5.56 Å². The summed E-state index contributed by atoms with van der Waals surface area (Å²) in [6.45, 7) is 1.58. The first kappa shape index (κ1) is 21.3. The van der Waals surface area contributed by atoms with Crippen LogP contribution in [-0.4, -0.2) is 33.4 Å². The minimum atomic E-state index is -0.868. The fourth-order valence-electron chi connectivity index (χ4n) is 4.44. The summed E-state index contributed by atoms with van der Waals surface area (Å²) in [5.74, 6) is -1.34. The SMILES string of the molecule is O=C(c1cccc(F)c1)c1ccc2c(c1)oc(=O)n2CN1CCC(O)(c2ccccc2)CC1. The number of likely N-dealkylation sites (tertiary alicyclic amines) is 1. The van der Waals surface area contributed by atoms with E-state index in [0.29, 0.717) is 49.3 Å². The van der Waals surface area contributed by atoms with Gasteiger partial charge in [-0.2, -0.15) is 0 Å². The van der Waals surface area contributed by atoms with Crippen molar-refractivity contribution in [2.24, 2.45) is 0 Å². The van der Waals surface area contributed by atoms with E-state index in [1.54, 1.807) is 18.2 Å². The number of aromatic nitrogens is 1. The first-order valence-electron chi connectivity index (χ1n) is 10.9. The number of halogens is 1. The molecule has 0 unspecified atom stereocenters. The molecule has 33 heavy (non-hydrogen) atoms. The first-order valence-corrected chi connectivity index (χ1v) is 10.9. The Kier molecular flexibility index (Phi) is 5.44. The van der Waals surface area contributed by atoms with Crippen LogP contribution in [0.2, 0.25) is 0 Å². The molecule has 1 aromatic heterocycles. The van der Waals surface area contributed by atoms with Gasteiger partial charge in [-0.15, -0.1) is 0 Å². The highest BCUT2D eigenvalue weighted by atomic mass is 19.1. The average Bonchev–Trinajstić information content (AvgIpc) is 3.14. The Morgan fingerprint density at radius 2 is 1.70 bits per heavy atom. The molecule has 3 aromatic carbocycles. The summed E-state index contributed by atoms with van der Waals surface area (Å²) in [7, 11) is 0. The van der Waals surface area contributed by atoms with E-state index >= 15 is 0 Å². The Bertz CT molecular complexity index is 1370. The molecule has 1 aliphatic rings. The minimum absolute atomic E-state index is 0.232. The zero-order chi connectivity index (χ0) is 23.0. The number of fused-ring (bicyclic) bond motifs is 1. The number of benzene rings is 3. The van der Waals surface area contributed by atoms with Gasteiger partial charge in [0.2, 0.25) is 0 Å². The Labute approximate surface area is 189 Å². The molecule has 0 saturated carbocycles. The molecule has 0 radical (unpaired) electrons. The normalized spacial score (nSPS) is 16.2. The Balaban J connectivity index is 1.34. The Hall–Kier alpha value is -3.55. The van der Waals surface area contributed by atoms with Crippen molar-refractivity contribution in [2.75, 3.05) is 13.1 Å². The predicted molar refractivity (Wildman–Crippen MR) is 121 cm³/mol. The topological polar surface area (TPSA) is 75.7 Å². The van der Waals surface area contributed by atoms with Crippen LogP contribution in [0.5, 0.6) is 0 Å². The Morgan fingerprint density at radius 3 is 2.42 bits per heavy atom. The van der Waals surface area contributed by atoms with Crippen molar-refractivity contribution >= 4 is 16.9 Å². The van der Waals surface area contributed by atoms with Gasteiger partial charge in [0.1, 0.15) is 5.82 Å². The summed E-state index contributed by atoms with van der Waals surface area (Å²) in [5, 5.41) is 11.0. The van der Waals surface area contributed by atoms with Gasteiger partial charge in [-0.25, -0.2) is 9.18 Å². The maximum Gasteiger partial charge on any atom is 0.421 e. The highest BCUT2D eigenvalue weighted by Gasteiger charge is 2.34. The number of carbonyl (C=O) groups is 1. The van der Waals surface area contributed by atoms with Crippen molar-refractivity contribution in [3.05, 3.63) is 106 Å². The molecule has 2 heterocycles. The summed E-state index contributed by atoms with van der Waals surface area (Å²) in [6.07, 6.45) is 1.13. The number of ketones is 1. The molecule has 1 N–H and O–H groups in total. The standard InChI is InChI=1S/C26H23FN2O4/c27-21-8-4-5-18(15-21)24(30)19-9-10-22-23(16-19)33-25(31)29(22)17-28-13-11-26(32,12-14-28)20-6-2-1-3-7-20/h1-10,15-16,32H,11-14,17H2. The molecule has 1 saturated heterocycles. The van der Waals surface area contributed by atoms with Crippen LogP contribution < -0.4 is 5.76 Å². The zero-order valence-electron chi connectivity index (χ0n) is 17.9. The van der Waals surface area contributed by atoms with Crippen molar-refractivity contribution < 1.29 is 18.7 Å². The van der Waals surface area contributed by atoms with E-state index in [1.807, 2.05) is 30.3 Å². The van der Waals surface area contributed by atoms with Gasteiger partial charge in [0, 0.05) is 24.2 Å². The summed E-state index contributed by atoms with van der Waals surface area (Å²) in [6, 6.07) is 19.9. The van der Waals surface area contributed by atoms with Gasteiger partial charge >= 0.3 is 5.76 Å². The van der Waals surface area contributed by atoms with Gasteiger partial charge in [0.05, 0.1) is 17.8 Å². The van der Waals surface area contributed by atoms with Gasteiger partial charge in [-0.05, 0) is 48.7 Å². The van der Waals surface area contributed by atoms with E-state index in [2.05, 4.69) is 4.90 Å². The van der Waals surface area contributed by atoms with Crippen LogP contribution in [0.15, 0.2) is 82.0 Å². The summed E-state index contributed by atoms with van der Waals surface area (Å²) in [5.41, 5.74) is 1.48. The van der Waals surface area contributed by atoms with Crippen LogP contribution >= 0.6 is 0 Å². The highest BCUT2D eigenvalue weighted by Crippen LogP contribution is 2.33. The number of nitrogens with zero attached hydrogens (tertiary/aromatic N) is 2. The summed E-state index contributed by atoms with van der Waals surface area (Å²) >= 11 is 0. The van der Waals surface area contributed by atoms with Gasteiger partial charge in [0.25, 0.3) is 0 Å². The second kappa shape index (κ2) is 8.42. The molecule has 6 nitrogen and oxygen atoms in total. The second-order valence-electron chi connectivity index (χ2n) is 8.48. The monoisotopic (exact) mass is 446 g/mol. The van der Waals surface area contributed by atoms with Gasteiger partial charge in [0.15, 0.2) is 11.4 Å². The third-order valence-electron chi connectivity index (χ3n) is 6.35. The smallest absolute Gasteiger partial charge is 0.408 e. The molecule has 0 bridgehead atoms. The maximum atomic E-state index is 13.5. The number of aliphatic hydroxyl groups is 1. The summed E-state index contributed by atoms with van der Waals surface area (Å²) < 4.78 is 20.4. The molecule has 4 aromatic rings. The molecule has 0 spiro atoms. The lowest BCUT2D eigenvalue weighted by Crippen LogP contribution is -2.44. The fraction of sp³-hybridized carbons (Fsp3) is 0.231. The molecule has 168 valence electrons. The Morgan fingerprint density at radius 1 is 0.970 bits per heavy atom. The third kappa shape index (κ3) is 4.13. The van der Waals surface area contributed by atoms with Gasteiger partial charge in [-0.3, -0.25) is 14.3 Å². The van der Waals surface area contributed by atoms with Crippen LogP contribution in [0.3, 0.4) is 0 Å². The quantitative estimate of drug-likeness (QED) is 0.471.